The van der Waals surface area contributed by atoms with Crippen LogP contribution in [0.15, 0.2) is 22.7 Å². The van der Waals surface area contributed by atoms with Crippen LogP contribution in [0.25, 0.3) is 0 Å². The third kappa shape index (κ3) is 4.31. The van der Waals surface area contributed by atoms with Crippen LogP contribution in [0.4, 0.5) is 0 Å². The summed E-state index contributed by atoms with van der Waals surface area (Å²) in [4.78, 5) is 0. The van der Waals surface area contributed by atoms with Crippen LogP contribution in [-0.2, 0) is 0 Å². The van der Waals surface area contributed by atoms with Gasteiger partial charge in [0, 0.05) is 14.1 Å². The molecule has 4 heteroatoms. The predicted octanol–water partition coefficient (Wildman–Crippen LogP) is 4.14. The van der Waals surface area contributed by atoms with E-state index in [9.17, 15) is 0 Å². The van der Waals surface area contributed by atoms with Gasteiger partial charge in [-0.2, -0.15) is 0 Å². The molecule has 0 spiro atoms. The Balaban J connectivity index is 2.73. The average Bonchev–Trinajstić information content (AvgIpc) is 2.28. The fraction of sp³-hybridized carbons (Fsp3) is 0.500. The molecule has 0 bridgehead atoms. The molecule has 1 atom stereocenters. The number of halogens is 2. The lowest BCUT2D eigenvalue weighted by Gasteiger charge is -2.18. The van der Waals surface area contributed by atoms with E-state index in [0.29, 0.717) is 0 Å². The molecule has 1 aromatic rings. The molecule has 90 valence electrons. The van der Waals surface area contributed by atoms with Crippen molar-refractivity contribution in [3.05, 3.63) is 31.8 Å². The van der Waals surface area contributed by atoms with E-state index in [-0.39, 0.29) is 6.04 Å². The van der Waals surface area contributed by atoms with Gasteiger partial charge in [-0.05, 0) is 52.8 Å². The van der Waals surface area contributed by atoms with Gasteiger partial charge in [0.25, 0.3) is 0 Å². The highest BCUT2D eigenvalue weighted by Gasteiger charge is 2.12. The standard InChI is InChI=1S/C12H18BrIN2/c1-2-3-4-5-12(16-15)10-8-9(13)6-7-11(10)14/h6-8,12,16H,2-5,15H2,1H3. The highest BCUT2D eigenvalue weighted by atomic mass is 127. The van der Waals surface area contributed by atoms with Gasteiger partial charge < -0.3 is 0 Å². The van der Waals surface area contributed by atoms with Crippen LogP contribution in [0.1, 0.15) is 44.2 Å². The molecule has 0 saturated carbocycles. The van der Waals surface area contributed by atoms with Crippen molar-refractivity contribution in [2.24, 2.45) is 5.84 Å². The Hall–Kier alpha value is 0.350. The van der Waals surface area contributed by atoms with Crippen molar-refractivity contribution in [1.29, 1.82) is 0 Å². The maximum atomic E-state index is 5.64. The SMILES string of the molecule is CCCCCC(NN)c1cc(Br)ccc1I. The smallest absolute Gasteiger partial charge is 0.0470 e. The number of hydrogen-bond donors (Lipinski definition) is 2. The van der Waals surface area contributed by atoms with Gasteiger partial charge in [-0.1, -0.05) is 42.1 Å². The van der Waals surface area contributed by atoms with Gasteiger partial charge >= 0.3 is 0 Å². The summed E-state index contributed by atoms with van der Waals surface area (Å²) in [5, 5.41) is 0. The number of rotatable bonds is 6. The van der Waals surface area contributed by atoms with E-state index in [2.05, 4.69) is 69.1 Å². The lowest BCUT2D eigenvalue weighted by molar-refractivity contribution is 0.485. The van der Waals surface area contributed by atoms with Crippen molar-refractivity contribution in [2.45, 2.75) is 38.6 Å². The van der Waals surface area contributed by atoms with Gasteiger partial charge in [0.2, 0.25) is 0 Å². The van der Waals surface area contributed by atoms with Crippen molar-refractivity contribution in [2.75, 3.05) is 0 Å². The molecule has 1 aromatic carbocycles. The van der Waals surface area contributed by atoms with E-state index < -0.39 is 0 Å². The Morgan fingerprint density at radius 1 is 1.44 bits per heavy atom. The first kappa shape index (κ1) is 14.4. The minimum atomic E-state index is 0.260. The van der Waals surface area contributed by atoms with Gasteiger partial charge in [0.05, 0.1) is 0 Å². The quantitative estimate of drug-likeness (QED) is 0.328. The van der Waals surface area contributed by atoms with E-state index in [1.165, 1.54) is 28.4 Å². The number of nitrogens with one attached hydrogen (secondary N) is 1. The van der Waals surface area contributed by atoms with Crippen LogP contribution in [0, 0.1) is 3.57 Å². The number of hydrazine groups is 1. The maximum Gasteiger partial charge on any atom is 0.0470 e. The third-order valence-corrected chi connectivity index (χ3v) is 4.11. The molecule has 3 N–H and O–H groups in total. The number of nitrogens with two attached hydrogens (primary N) is 1. The van der Waals surface area contributed by atoms with Crippen LogP contribution in [-0.4, -0.2) is 0 Å². The molecular weight excluding hydrogens is 379 g/mol. The summed E-state index contributed by atoms with van der Waals surface area (Å²) in [5.41, 5.74) is 4.21. The van der Waals surface area contributed by atoms with Gasteiger partial charge in [-0.15, -0.1) is 0 Å². The molecule has 0 heterocycles. The first-order chi connectivity index (χ1) is 7.69. The zero-order valence-corrected chi connectivity index (χ0v) is 13.2. The normalized spacial score (nSPS) is 12.8. The Morgan fingerprint density at radius 2 is 2.19 bits per heavy atom. The van der Waals surface area contributed by atoms with E-state index in [1.807, 2.05) is 0 Å². The molecule has 0 amide bonds. The molecule has 0 aliphatic heterocycles. The molecule has 0 saturated heterocycles. The highest BCUT2D eigenvalue weighted by Crippen LogP contribution is 2.27. The fourth-order valence-electron chi connectivity index (χ4n) is 1.71. The maximum absolute atomic E-state index is 5.64. The lowest BCUT2D eigenvalue weighted by Crippen LogP contribution is -2.28. The van der Waals surface area contributed by atoms with Crippen molar-refractivity contribution >= 4 is 38.5 Å². The molecule has 0 radical (unpaired) electrons. The monoisotopic (exact) mass is 396 g/mol. The van der Waals surface area contributed by atoms with Crippen LogP contribution in [0.5, 0.6) is 0 Å². The van der Waals surface area contributed by atoms with E-state index in [0.717, 1.165) is 10.9 Å². The molecule has 0 fully saturated rings. The Bertz CT molecular complexity index is 331. The molecule has 16 heavy (non-hydrogen) atoms. The minimum Gasteiger partial charge on any atom is -0.271 e. The Morgan fingerprint density at radius 3 is 2.81 bits per heavy atom. The summed E-state index contributed by atoms with van der Waals surface area (Å²) < 4.78 is 2.37. The average molecular weight is 397 g/mol. The molecule has 1 rings (SSSR count). The first-order valence-corrected chi connectivity index (χ1v) is 7.47. The van der Waals surface area contributed by atoms with Crippen molar-refractivity contribution in [3.8, 4) is 0 Å². The zero-order chi connectivity index (χ0) is 12.0. The summed E-state index contributed by atoms with van der Waals surface area (Å²) in [5.74, 6) is 5.64. The predicted molar refractivity (Wildman–Crippen MR) is 81.1 cm³/mol. The van der Waals surface area contributed by atoms with Crippen molar-refractivity contribution in [1.82, 2.24) is 5.43 Å². The van der Waals surface area contributed by atoms with E-state index >= 15 is 0 Å². The lowest BCUT2D eigenvalue weighted by atomic mass is 10.0. The highest BCUT2D eigenvalue weighted by molar-refractivity contribution is 14.1. The topological polar surface area (TPSA) is 38.0 Å². The summed E-state index contributed by atoms with van der Waals surface area (Å²) in [7, 11) is 0. The molecule has 0 aliphatic carbocycles. The van der Waals surface area contributed by atoms with Crippen molar-refractivity contribution < 1.29 is 0 Å². The third-order valence-electron chi connectivity index (χ3n) is 2.63. The summed E-state index contributed by atoms with van der Waals surface area (Å²) in [6.45, 7) is 2.22. The van der Waals surface area contributed by atoms with Gasteiger partial charge in [-0.3, -0.25) is 11.3 Å². The first-order valence-electron chi connectivity index (χ1n) is 5.60. The Labute approximate surface area is 120 Å². The summed E-state index contributed by atoms with van der Waals surface area (Å²) in [6.07, 6.45) is 4.82. The fourth-order valence-corrected chi connectivity index (χ4v) is 2.80. The minimum absolute atomic E-state index is 0.260. The number of hydrogen-bond acceptors (Lipinski definition) is 2. The number of unbranched alkanes of at least 4 members (excludes halogenated alkanes) is 2. The van der Waals surface area contributed by atoms with Crippen LogP contribution >= 0.6 is 38.5 Å². The molecule has 2 nitrogen and oxygen atoms in total. The number of benzene rings is 1. The van der Waals surface area contributed by atoms with E-state index in [1.54, 1.807) is 0 Å². The Kier molecular flexibility index (Phi) is 6.87. The van der Waals surface area contributed by atoms with Crippen molar-refractivity contribution in [3.63, 3.8) is 0 Å². The summed E-state index contributed by atoms with van der Waals surface area (Å²) >= 11 is 5.86. The van der Waals surface area contributed by atoms with Crippen LogP contribution in [0.2, 0.25) is 0 Å². The largest absolute Gasteiger partial charge is 0.271 e. The zero-order valence-electron chi connectivity index (χ0n) is 9.47. The second kappa shape index (κ2) is 7.63. The van der Waals surface area contributed by atoms with Gasteiger partial charge in [0.15, 0.2) is 0 Å². The van der Waals surface area contributed by atoms with Crippen LogP contribution < -0.4 is 11.3 Å². The second-order valence-corrected chi connectivity index (χ2v) is 5.96. The second-order valence-electron chi connectivity index (χ2n) is 3.88. The molecule has 1 unspecified atom stereocenters. The molecular formula is C12H18BrIN2. The molecule has 0 aliphatic rings. The van der Waals surface area contributed by atoms with E-state index in [4.69, 9.17) is 5.84 Å². The van der Waals surface area contributed by atoms with Crippen LogP contribution in [0.3, 0.4) is 0 Å². The van der Waals surface area contributed by atoms with Gasteiger partial charge in [0.1, 0.15) is 0 Å². The van der Waals surface area contributed by atoms with Gasteiger partial charge in [-0.25, -0.2) is 0 Å². The molecule has 0 aromatic heterocycles. The summed E-state index contributed by atoms with van der Waals surface area (Å²) in [6, 6.07) is 6.59.